The molecule has 0 saturated heterocycles. The zero-order valence-corrected chi connectivity index (χ0v) is 10.8. The Kier molecular flexibility index (Phi) is 3.67. The van der Waals surface area contributed by atoms with Gasteiger partial charge >= 0.3 is 6.09 Å². The fourth-order valence-corrected chi connectivity index (χ4v) is 1.90. The Hall–Kier alpha value is -1.81. The maximum absolute atomic E-state index is 12.1. The lowest BCUT2D eigenvalue weighted by Crippen LogP contribution is -2.43. The number of amides is 1. The van der Waals surface area contributed by atoms with E-state index in [1.165, 1.54) is 4.90 Å². The third-order valence-corrected chi connectivity index (χ3v) is 2.67. The van der Waals surface area contributed by atoms with E-state index in [2.05, 4.69) is 0 Å². The molecule has 0 spiro atoms. The topological polar surface area (TPSA) is 38.8 Å². The van der Waals surface area contributed by atoms with Gasteiger partial charge in [0.1, 0.15) is 0 Å². The normalized spacial score (nSPS) is 17.8. The second kappa shape index (κ2) is 5.23. The van der Waals surface area contributed by atoms with E-state index in [0.29, 0.717) is 0 Å². The summed E-state index contributed by atoms with van der Waals surface area (Å²) in [6.07, 6.45) is 2.81. The van der Waals surface area contributed by atoms with Crippen LogP contribution in [-0.2, 0) is 9.47 Å². The molecule has 1 aromatic carbocycles. The summed E-state index contributed by atoms with van der Waals surface area (Å²) >= 11 is 0. The van der Waals surface area contributed by atoms with Gasteiger partial charge in [0.15, 0.2) is 6.23 Å². The number of nitrogens with zero attached hydrogens (tertiary/aromatic N) is 1. The van der Waals surface area contributed by atoms with Crippen molar-refractivity contribution in [3.63, 3.8) is 0 Å². The minimum absolute atomic E-state index is 0.159. The number of carbonyl (C=O) groups is 1. The maximum Gasteiger partial charge on any atom is 0.416 e. The molecule has 0 saturated carbocycles. The van der Waals surface area contributed by atoms with Gasteiger partial charge in [-0.3, -0.25) is 0 Å². The Bertz CT molecular complexity index is 468. The van der Waals surface area contributed by atoms with E-state index in [-0.39, 0.29) is 6.10 Å². The summed E-state index contributed by atoms with van der Waals surface area (Å²) in [6, 6.07) is 7.66. The lowest BCUT2D eigenvalue weighted by atomic mass is 10.1. The van der Waals surface area contributed by atoms with Crippen LogP contribution >= 0.6 is 0 Å². The Morgan fingerprint density at radius 2 is 2.06 bits per heavy atom. The fraction of sp³-hybridized carbons (Fsp3) is 0.357. The Morgan fingerprint density at radius 3 is 2.72 bits per heavy atom. The molecular formula is C14H17NO3. The lowest BCUT2D eigenvalue weighted by molar-refractivity contribution is 0.0931. The summed E-state index contributed by atoms with van der Waals surface area (Å²) in [7, 11) is 1.57. The van der Waals surface area contributed by atoms with Crippen molar-refractivity contribution >= 4 is 17.9 Å². The van der Waals surface area contributed by atoms with Crippen molar-refractivity contribution in [2.45, 2.75) is 26.2 Å². The monoisotopic (exact) mass is 247 g/mol. The van der Waals surface area contributed by atoms with Gasteiger partial charge in [0.2, 0.25) is 0 Å². The average Bonchev–Trinajstić information content (AvgIpc) is 2.36. The minimum Gasteiger partial charge on any atom is -0.446 e. The number of ether oxygens (including phenoxy) is 2. The first-order chi connectivity index (χ1) is 8.63. The molecular weight excluding hydrogens is 230 g/mol. The maximum atomic E-state index is 12.1. The Balaban J connectivity index is 2.35. The van der Waals surface area contributed by atoms with Crippen LogP contribution in [0.15, 0.2) is 30.3 Å². The van der Waals surface area contributed by atoms with Crippen molar-refractivity contribution in [1.82, 2.24) is 0 Å². The molecule has 0 fully saturated rings. The minimum atomic E-state index is -0.425. The molecule has 0 bridgehead atoms. The average molecular weight is 247 g/mol. The van der Waals surface area contributed by atoms with Gasteiger partial charge in [0, 0.05) is 7.11 Å². The molecule has 0 aliphatic carbocycles. The van der Waals surface area contributed by atoms with E-state index in [1.54, 1.807) is 7.11 Å². The van der Waals surface area contributed by atoms with Crippen LogP contribution in [0.3, 0.4) is 0 Å². The zero-order chi connectivity index (χ0) is 13.1. The van der Waals surface area contributed by atoms with E-state index in [4.69, 9.17) is 9.47 Å². The standard InChI is InChI=1S/C14H17NO3/c1-10(2)18-14(16)15-12-7-5-4-6-11(12)8-9-13(15)17-3/h4-10,13H,1-3H3. The van der Waals surface area contributed by atoms with Gasteiger partial charge in [0.25, 0.3) is 0 Å². The van der Waals surface area contributed by atoms with Crippen molar-refractivity contribution in [3.05, 3.63) is 35.9 Å². The molecule has 2 rings (SSSR count). The number of para-hydroxylation sites is 1. The van der Waals surface area contributed by atoms with Gasteiger partial charge in [0.05, 0.1) is 11.8 Å². The summed E-state index contributed by atoms with van der Waals surface area (Å²) < 4.78 is 10.6. The number of fused-ring (bicyclic) bond motifs is 1. The third kappa shape index (κ3) is 2.38. The highest BCUT2D eigenvalue weighted by atomic mass is 16.6. The summed E-state index contributed by atoms with van der Waals surface area (Å²) in [5, 5.41) is 0. The van der Waals surface area contributed by atoms with Crippen molar-refractivity contribution < 1.29 is 14.3 Å². The highest BCUT2D eigenvalue weighted by molar-refractivity contribution is 5.93. The molecule has 4 nitrogen and oxygen atoms in total. The van der Waals surface area contributed by atoms with Gasteiger partial charge in [-0.25, -0.2) is 9.69 Å². The summed E-state index contributed by atoms with van der Waals surface area (Å²) in [6.45, 7) is 3.65. The number of hydrogen-bond acceptors (Lipinski definition) is 3. The second-order valence-corrected chi connectivity index (χ2v) is 4.35. The highest BCUT2D eigenvalue weighted by Gasteiger charge is 2.29. The fourth-order valence-electron chi connectivity index (χ4n) is 1.90. The molecule has 1 heterocycles. The first kappa shape index (κ1) is 12.6. The van der Waals surface area contributed by atoms with Crippen LogP contribution in [-0.4, -0.2) is 25.5 Å². The van der Waals surface area contributed by atoms with Crippen molar-refractivity contribution in [3.8, 4) is 0 Å². The second-order valence-electron chi connectivity index (χ2n) is 4.35. The molecule has 4 heteroatoms. The van der Waals surface area contributed by atoms with Crippen molar-refractivity contribution in [2.75, 3.05) is 12.0 Å². The van der Waals surface area contributed by atoms with E-state index in [9.17, 15) is 4.79 Å². The van der Waals surface area contributed by atoms with Gasteiger partial charge in [-0.1, -0.05) is 24.3 Å². The van der Waals surface area contributed by atoms with Gasteiger partial charge in [-0.2, -0.15) is 0 Å². The van der Waals surface area contributed by atoms with Gasteiger partial charge in [-0.15, -0.1) is 0 Å². The number of methoxy groups -OCH3 is 1. The van der Waals surface area contributed by atoms with Crippen LogP contribution in [0, 0.1) is 0 Å². The molecule has 0 N–H and O–H groups in total. The van der Waals surface area contributed by atoms with Crippen LogP contribution in [0.25, 0.3) is 6.08 Å². The van der Waals surface area contributed by atoms with Crippen LogP contribution in [0.1, 0.15) is 19.4 Å². The molecule has 1 aliphatic heterocycles. The Labute approximate surface area is 107 Å². The molecule has 1 amide bonds. The SMILES string of the molecule is COC1C=Cc2ccccc2N1C(=O)OC(C)C. The van der Waals surface area contributed by atoms with Crippen molar-refractivity contribution in [1.29, 1.82) is 0 Å². The number of benzene rings is 1. The highest BCUT2D eigenvalue weighted by Crippen LogP contribution is 2.29. The predicted octanol–water partition coefficient (Wildman–Crippen LogP) is 3.04. The summed E-state index contributed by atoms with van der Waals surface area (Å²) in [5.74, 6) is 0. The molecule has 96 valence electrons. The molecule has 1 unspecified atom stereocenters. The quantitative estimate of drug-likeness (QED) is 0.806. The third-order valence-electron chi connectivity index (χ3n) is 2.67. The number of rotatable bonds is 2. The molecule has 1 aliphatic rings. The molecule has 1 aromatic rings. The van der Waals surface area contributed by atoms with Crippen molar-refractivity contribution in [2.24, 2.45) is 0 Å². The zero-order valence-electron chi connectivity index (χ0n) is 10.8. The van der Waals surface area contributed by atoms with E-state index >= 15 is 0 Å². The Morgan fingerprint density at radius 1 is 1.33 bits per heavy atom. The summed E-state index contributed by atoms with van der Waals surface area (Å²) in [5.41, 5.74) is 1.78. The summed E-state index contributed by atoms with van der Waals surface area (Å²) in [4.78, 5) is 13.7. The molecule has 1 atom stereocenters. The predicted molar refractivity (Wildman–Crippen MR) is 70.4 cm³/mol. The van der Waals surface area contributed by atoms with Gasteiger partial charge in [-0.05, 0) is 31.6 Å². The van der Waals surface area contributed by atoms with Crippen LogP contribution in [0.2, 0.25) is 0 Å². The number of carbonyl (C=O) groups excluding carboxylic acids is 1. The van der Waals surface area contributed by atoms with Crippen LogP contribution < -0.4 is 4.90 Å². The molecule has 18 heavy (non-hydrogen) atoms. The smallest absolute Gasteiger partial charge is 0.416 e. The lowest BCUT2D eigenvalue weighted by Gasteiger charge is -2.32. The first-order valence-electron chi connectivity index (χ1n) is 5.93. The molecule has 0 aromatic heterocycles. The van der Waals surface area contributed by atoms with E-state index < -0.39 is 12.3 Å². The molecule has 0 radical (unpaired) electrons. The van der Waals surface area contributed by atoms with Crippen LogP contribution in [0.5, 0.6) is 0 Å². The number of hydrogen-bond donors (Lipinski definition) is 0. The van der Waals surface area contributed by atoms with E-state index in [0.717, 1.165) is 11.3 Å². The van der Waals surface area contributed by atoms with E-state index in [1.807, 2.05) is 50.3 Å². The van der Waals surface area contributed by atoms with Gasteiger partial charge < -0.3 is 9.47 Å². The number of anilines is 1. The largest absolute Gasteiger partial charge is 0.446 e. The van der Waals surface area contributed by atoms with Crippen LogP contribution in [0.4, 0.5) is 10.5 Å². The first-order valence-corrected chi connectivity index (χ1v) is 5.93.